The third-order valence-electron chi connectivity index (χ3n) is 3.79. The minimum Gasteiger partial charge on any atom is -0.497 e. The monoisotopic (exact) mass is 337 g/mol. The van der Waals surface area contributed by atoms with Gasteiger partial charge in [-0.05, 0) is 43.3 Å². The fourth-order valence-corrected chi connectivity index (χ4v) is 2.52. The number of hydrogen-bond donors (Lipinski definition) is 1. The van der Waals surface area contributed by atoms with Crippen LogP contribution < -0.4 is 14.8 Å². The maximum Gasteiger partial charge on any atom is 0.255 e. The largest absolute Gasteiger partial charge is 0.497 e. The normalized spacial score (nSPS) is 10.4. The molecular weight excluding hydrogens is 318 g/mol. The van der Waals surface area contributed by atoms with E-state index in [2.05, 4.69) is 5.32 Å². The highest BCUT2D eigenvalue weighted by atomic mass is 16.5. The zero-order valence-corrected chi connectivity index (χ0v) is 14.3. The Kier molecular flexibility index (Phi) is 4.75. The second-order valence-corrected chi connectivity index (χ2v) is 5.51. The van der Waals surface area contributed by atoms with Gasteiger partial charge in [0, 0.05) is 17.2 Å². The van der Waals surface area contributed by atoms with E-state index >= 15 is 0 Å². The summed E-state index contributed by atoms with van der Waals surface area (Å²) in [6, 6.07) is 16.3. The van der Waals surface area contributed by atoms with Crippen LogP contribution in [0.4, 0.5) is 5.69 Å². The van der Waals surface area contributed by atoms with E-state index in [0.29, 0.717) is 28.5 Å². The molecule has 0 aliphatic heterocycles. The highest BCUT2D eigenvalue weighted by Gasteiger charge is 2.14. The van der Waals surface area contributed by atoms with Gasteiger partial charge in [0.1, 0.15) is 23.0 Å². The lowest BCUT2D eigenvalue weighted by Crippen LogP contribution is -2.13. The first kappa shape index (κ1) is 16.6. The van der Waals surface area contributed by atoms with Crippen molar-refractivity contribution in [1.29, 1.82) is 0 Å². The van der Waals surface area contributed by atoms with Crippen LogP contribution in [0.3, 0.4) is 0 Å². The lowest BCUT2D eigenvalue weighted by molar-refractivity contribution is 0.102. The number of benzene rings is 2. The Morgan fingerprint density at radius 3 is 2.24 bits per heavy atom. The number of rotatable bonds is 5. The molecular formula is C20H19NO4. The molecule has 0 bridgehead atoms. The number of para-hydroxylation sites is 1. The minimum atomic E-state index is -0.257. The minimum absolute atomic E-state index is 0.257. The fraction of sp³-hybridized carbons (Fsp3) is 0.150. The summed E-state index contributed by atoms with van der Waals surface area (Å²) in [6.45, 7) is 1.88. The molecule has 5 nitrogen and oxygen atoms in total. The molecule has 1 N–H and O–H groups in total. The fourth-order valence-electron chi connectivity index (χ4n) is 2.52. The van der Waals surface area contributed by atoms with Crippen molar-refractivity contribution in [2.75, 3.05) is 19.5 Å². The summed E-state index contributed by atoms with van der Waals surface area (Å²) in [4.78, 5) is 12.7. The molecule has 3 rings (SSSR count). The van der Waals surface area contributed by atoms with Crippen LogP contribution in [0.15, 0.2) is 59.0 Å². The molecule has 0 aliphatic rings. The number of furan rings is 1. The van der Waals surface area contributed by atoms with E-state index < -0.39 is 0 Å². The number of aryl methyl sites for hydroxylation is 1. The molecule has 25 heavy (non-hydrogen) atoms. The van der Waals surface area contributed by atoms with Crippen LogP contribution in [0.5, 0.6) is 11.5 Å². The summed E-state index contributed by atoms with van der Waals surface area (Å²) >= 11 is 0. The molecule has 128 valence electrons. The Bertz CT molecular complexity index is 876. The summed E-state index contributed by atoms with van der Waals surface area (Å²) in [5.41, 5.74) is 1.93. The average molecular weight is 337 g/mol. The first-order valence-corrected chi connectivity index (χ1v) is 7.81. The second-order valence-electron chi connectivity index (χ2n) is 5.51. The number of anilines is 1. The second kappa shape index (κ2) is 7.13. The number of methoxy groups -OCH3 is 2. The van der Waals surface area contributed by atoms with Gasteiger partial charge >= 0.3 is 0 Å². The highest BCUT2D eigenvalue weighted by Crippen LogP contribution is 2.30. The Morgan fingerprint density at radius 2 is 1.64 bits per heavy atom. The first-order valence-electron chi connectivity index (χ1n) is 7.81. The number of ether oxygens (including phenoxy) is 2. The number of amides is 1. The van der Waals surface area contributed by atoms with E-state index in [1.165, 1.54) is 0 Å². The molecule has 2 aromatic carbocycles. The zero-order chi connectivity index (χ0) is 17.8. The molecule has 0 spiro atoms. The van der Waals surface area contributed by atoms with Crippen molar-refractivity contribution < 1.29 is 18.7 Å². The molecule has 0 atom stereocenters. The van der Waals surface area contributed by atoms with Crippen LogP contribution in [0.1, 0.15) is 16.1 Å². The molecule has 1 aromatic heterocycles. The smallest absolute Gasteiger partial charge is 0.255 e. The lowest BCUT2D eigenvalue weighted by Gasteiger charge is -2.11. The van der Waals surface area contributed by atoms with Crippen LogP contribution >= 0.6 is 0 Å². The summed E-state index contributed by atoms with van der Waals surface area (Å²) in [5, 5.41) is 2.93. The predicted octanol–water partition coefficient (Wildman–Crippen LogP) is 4.52. The summed E-state index contributed by atoms with van der Waals surface area (Å²) in [5.74, 6) is 2.37. The van der Waals surface area contributed by atoms with Crippen molar-refractivity contribution in [3.05, 3.63) is 65.9 Å². The van der Waals surface area contributed by atoms with Crippen molar-refractivity contribution in [3.8, 4) is 22.8 Å². The SMILES string of the molecule is COc1cc(OC)cc(C(=O)Nc2ccccc2-c2ccc(C)o2)c1. The van der Waals surface area contributed by atoms with Crippen LogP contribution in [-0.2, 0) is 0 Å². The lowest BCUT2D eigenvalue weighted by atomic mass is 10.1. The van der Waals surface area contributed by atoms with Crippen LogP contribution in [0.25, 0.3) is 11.3 Å². The quantitative estimate of drug-likeness (QED) is 0.743. The van der Waals surface area contributed by atoms with Gasteiger partial charge in [0.25, 0.3) is 5.91 Å². The molecule has 0 saturated carbocycles. The van der Waals surface area contributed by atoms with Gasteiger partial charge in [0.15, 0.2) is 0 Å². The van der Waals surface area contributed by atoms with Crippen molar-refractivity contribution in [1.82, 2.24) is 0 Å². The van der Waals surface area contributed by atoms with Gasteiger partial charge in [-0.15, -0.1) is 0 Å². The van der Waals surface area contributed by atoms with Crippen molar-refractivity contribution >= 4 is 11.6 Å². The summed E-state index contributed by atoms with van der Waals surface area (Å²) in [7, 11) is 3.09. The van der Waals surface area contributed by atoms with Gasteiger partial charge in [0.05, 0.1) is 19.9 Å². The molecule has 1 heterocycles. The van der Waals surface area contributed by atoms with E-state index in [0.717, 1.165) is 11.3 Å². The first-order chi connectivity index (χ1) is 12.1. The Balaban J connectivity index is 1.92. The van der Waals surface area contributed by atoms with Gasteiger partial charge in [-0.25, -0.2) is 0 Å². The average Bonchev–Trinajstić information content (AvgIpc) is 3.07. The van der Waals surface area contributed by atoms with Gasteiger partial charge in [-0.3, -0.25) is 4.79 Å². The third-order valence-corrected chi connectivity index (χ3v) is 3.79. The van der Waals surface area contributed by atoms with E-state index in [1.54, 1.807) is 32.4 Å². The van der Waals surface area contributed by atoms with Crippen molar-refractivity contribution in [3.63, 3.8) is 0 Å². The van der Waals surface area contributed by atoms with Crippen LogP contribution in [0.2, 0.25) is 0 Å². The molecule has 0 unspecified atom stereocenters. The number of hydrogen-bond acceptors (Lipinski definition) is 4. The number of nitrogens with one attached hydrogen (secondary N) is 1. The highest BCUT2D eigenvalue weighted by molar-refractivity contribution is 6.06. The van der Waals surface area contributed by atoms with E-state index in [4.69, 9.17) is 13.9 Å². The summed E-state index contributed by atoms with van der Waals surface area (Å²) in [6.07, 6.45) is 0. The molecule has 5 heteroatoms. The Hall–Kier alpha value is -3.21. The Labute approximate surface area is 146 Å². The maximum atomic E-state index is 12.7. The van der Waals surface area contributed by atoms with E-state index in [9.17, 15) is 4.79 Å². The van der Waals surface area contributed by atoms with Crippen molar-refractivity contribution in [2.45, 2.75) is 6.92 Å². The maximum absolute atomic E-state index is 12.7. The van der Waals surface area contributed by atoms with E-state index in [-0.39, 0.29) is 5.91 Å². The Morgan fingerprint density at radius 1 is 0.960 bits per heavy atom. The zero-order valence-electron chi connectivity index (χ0n) is 14.3. The van der Waals surface area contributed by atoms with Gasteiger partial charge in [-0.2, -0.15) is 0 Å². The molecule has 0 aliphatic carbocycles. The molecule has 0 radical (unpaired) electrons. The number of carbonyl (C=O) groups excluding carboxylic acids is 1. The topological polar surface area (TPSA) is 60.7 Å². The van der Waals surface area contributed by atoms with Crippen LogP contribution in [0, 0.1) is 6.92 Å². The molecule has 3 aromatic rings. The third kappa shape index (κ3) is 3.66. The molecule has 0 saturated heterocycles. The van der Waals surface area contributed by atoms with Gasteiger partial charge in [-0.1, -0.05) is 12.1 Å². The predicted molar refractivity (Wildman–Crippen MR) is 96.4 cm³/mol. The molecule has 0 fully saturated rings. The van der Waals surface area contributed by atoms with Crippen LogP contribution in [-0.4, -0.2) is 20.1 Å². The summed E-state index contributed by atoms with van der Waals surface area (Å²) < 4.78 is 16.1. The van der Waals surface area contributed by atoms with Gasteiger partial charge in [0.2, 0.25) is 0 Å². The number of carbonyl (C=O) groups is 1. The van der Waals surface area contributed by atoms with E-state index in [1.807, 2.05) is 43.3 Å². The standard InChI is InChI=1S/C20H19NO4/c1-13-8-9-19(25-13)17-6-4-5-7-18(17)21-20(22)14-10-15(23-2)12-16(11-14)24-3/h4-12H,1-3H3,(H,21,22). The van der Waals surface area contributed by atoms with Crippen molar-refractivity contribution in [2.24, 2.45) is 0 Å². The molecule has 1 amide bonds. The van der Waals surface area contributed by atoms with Gasteiger partial charge < -0.3 is 19.2 Å².